The quantitative estimate of drug-likeness (QED) is 0.563. The summed E-state index contributed by atoms with van der Waals surface area (Å²) < 4.78 is 0. The van der Waals surface area contributed by atoms with Crippen molar-refractivity contribution in [3.63, 3.8) is 0 Å². The third kappa shape index (κ3) is 5.89. The van der Waals surface area contributed by atoms with Crippen molar-refractivity contribution in [2.45, 2.75) is 84.5 Å². The molecule has 0 bridgehead atoms. The van der Waals surface area contributed by atoms with Gasteiger partial charge in [0.15, 0.2) is 0 Å². The predicted molar refractivity (Wildman–Crippen MR) is 98.4 cm³/mol. The van der Waals surface area contributed by atoms with E-state index in [-0.39, 0.29) is 5.92 Å². The van der Waals surface area contributed by atoms with Gasteiger partial charge in [-0.2, -0.15) is 15.5 Å². The molecule has 0 aliphatic heterocycles. The molecule has 3 heteroatoms. The second kappa shape index (κ2) is 10.4. The van der Waals surface area contributed by atoms with Gasteiger partial charge >= 0.3 is 0 Å². The Morgan fingerprint density at radius 2 is 1.75 bits per heavy atom. The zero-order chi connectivity index (χ0) is 17.2. The van der Waals surface area contributed by atoms with Gasteiger partial charge in [0.05, 0.1) is 23.4 Å². The van der Waals surface area contributed by atoms with Crippen molar-refractivity contribution in [2.75, 3.05) is 0 Å². The summed E-state index contributed by atoms with van der Waals surface area (Å²) in [6, 6.07) is 6.74. The summed E-state index contributed by atoms with van der Waals surface area (Å²) in [5, 5.41) is 18.4. The Labute approximate surface area is 147 Å². The van der Waals surface area contributed by atoms with Gasteiger partial charge in [-0.1, -0.05) is 52.4 Å². The van der Waals surface area contributed by atoms with E-state index in [9.17, 15) is 5.26 Å². The van der Waals surface area contributed by atoms with Crippen molar-refractivity contribution in [3.05, 3.63) is 23.5 Å². The van der Waals surface area contributed by atoms with Crippen molar-refractivity contribution in [1.82, 2.24) is 10.2 Å². The van der Waals surface area contributed by atoms with Gasteiger partial charge in [-0.05, 0) is 49.7 Å². The maximum Gasteiger partial charge on any atom is 0.0662 e. The molecule has 0 radical (unpaired) electrons. The molecule has 0 saturated heterocycles. The molecule has 1 heterocycles. The summed E-state index contributed by atoms with van der Waals surface area (Å²) in [5.74, 6) is 1.55. The lowest BCUT2D eigenvalue weighted by Gasteiger charge is -2.30. The first kappa shape index (κ1) is 18.9. The highest BCUT2D eigenvalue weighted by Gasteiger charge is 2.27. The molecule has 0 amide bonds. The largest absolute Gasteiger partial charge is 0.198 e. The van der Waals surface area contributed by atoms with E-state index in [0.717, 1.165) is 30.1 Å². The standard InChI is InChI=1S/C21H33N3/c1-3-5-6-8-20-13-14-21(24-23-20)15-19(16-22)18-11-9-17(7-4-2)10-12-18/h13-14,17-19H,3-12,15H2,1-2H3. The van der Waals surface area contributed by atoms with Crippen LogP contribution in [0.4, 0.5) is 0 Å². The first-order chi connectivity index (χ1) is 11.8. The fourth-order valence-electron chi connectivity index (χ4n) is 4.02. The monoisotopic (exact) mass is 327 g/mol. The number of aromatic nitrogens is 2. The summed E-state index contributed by atoms with van der Waals surface area (Å²) in [6.45, 7) is 4.49. The highest BCUT2D eigenvalue weighted by Crippen LogP contribution is 2.36. The van der Waals surface area contributed by atoms with Crippen molar-refractivity contribution in [2.24, 2.45) is 17.8 Å². The average molecular weight is 328 g/mol. The minimum Gasteiger partial charge on any atom is -0.198 e. The Balaban J connectivity index is 1.83. The molecule has 1 aromatic rings. The molecule has 1 aromatic heterocycles. The lowest BCUT2D eigenvalue weighted by Crippen LogP contribution is -2.23. The Hall–Kier alpha value is -1.43. The first-order valence-corrected chi connectivity index (χ1v) is 9.97. The second-order valence-corrected chi connectivity index (χ2v) is 7.48. The second-order valence-electron chi connectivity index (χ2n) is 7.48. The van der Waals surface area contributed by atoms with Crippen molar-refractivity contribution in [3.8, 4) is 6.07 Å². The van der Waals surface area contributed by atoms with Gasteiger partial charge in [-0.15, -0.1) is 0 Å². The minimum atomic E-state index is 0.104. The van der Waals surface area contributed by atoms with Crippen molar-refractivity contribution < 1.29 is 0 Å². The zero-order valence-corrected chi connectivity index (χ0v) is 15.5. The highest BCUT2D eigenvalue weighted by atomic mass is 15.1. The van der Waals surface area contributed by atoms with E-state index in [1.54, 1.807) is 0 Å². The van der Waals surface area contributed by atoms with E-state index in [2.05, 4.69) is 42.2 Å². The summed E-state index contributed by atoms with van der Waals surface area (Å²) in [6.07, 6.45) is 13.1. The maximum absolute atomic E-state index is 9.61. The van der Waals surface area contributed by atoms with E-state index < -0.39 is 0 Å². The van der Waals surface area contributed by atoms with Crippen LogP contribution in [0.2, 0.25) is 0 Å². The number of rotatable bonds is 9. The fraction of sp³-hybridized carbons (Fsp3) is 0.762. The zero-order valence-electron chi connectivity index (χ0n) is 15.5. The summed E-state index contributed by atoms with van der Waals surface area (Å²) >= 11 is 0. The lowest BCUT2D eigenvalue weighted by atomic mass is 9.74. The van der Waals surface area contributed by atoms with E-state index >= 15 is 0 Å². The van der Waals surface area contributed by atoms with Crippen LogP contribution in [0.25, 0.3) is 0 Å². The molecule has 0 aromatic carbocycles. The van der Waals surface area contributed by atoms with Crippen LogP contribution in [0.5, 0.6) is 0 Å². The molecule has 3 nitrogen and oxygen atoms in total. The van der Waals surface area contributed by atoms with Crippen LogP contribution in [0, 0.1) is 29.1 Å². The SMILES string of the molecule is CCCCCc1ccc(CC(C#N)C2CCC(CCC)CC2)nn1. The van der Waals surface area contributed by atoms with Gasteiger partial charge in [-0.3, -0.25) is 0 Å². The molecule has 1 unspecified atom stereocenters. The van der Waals surface area contributed by atoms with E-state index in [1.165, 1.54) is 57.8 Å². The van der Waals surface area contributed by atoms with Gasteiger partial charge < -0.3 is 0 Å². The predicted octanol–water partition coefficient (Wildman–Crippen LogP) is 5.50. The van der Waals surface area contributed by atoms with Crippen LogP contribution >= 0.6 is 0 Å². The van der Waals surface area contributed by atoms with Crippen LogP contribution in [0.3, 0.4) is 0 Å². The molecule has 24 heavy (non-hydrogen) atoms. The van der Waals surface area contributed by atoms with Crippen LogP contribution in [-0.2, 0) is 12.8 Å². The Bertz CT molecular complexity index is 495. The highest BCUT2D eigenvalue weighted by molar-refractivity contribution is 5.10. The summed E-state index contributed by atoms with van der Waals surface area (Å²) in [5.41, 5.74) is 2.07. The molecule has 1 aliphatic carbocycles. The summed E-state index contributed by atoms with van der Waals surface area (Å²) in [4.78, 5) is 0. The van der Waals surface area contributed by atoms with Crippen LogP contribution in [0.15, 0.2) is 12.1 Å². The lowest BCUT2D eigenvalue weighted by molar-refractivity contribution is 0.222. The smallest absolute Gasteiger partial charge is 0.0662 e. The molecule has 0 spiro atoms. The Kier molecular flexibility index (Phi) is 8.22. The molecule has 1 aliphatic rings. The molecule has 1 fully saturated rings. The minimum absolute atomic E-state index is 0.104. The van der Waals surface area contributed by atoms with Crippen LogP contribution in [-0.4, -0.2) is 10.2 Å². The summed E-state index contributed by atoms with van der Waals surface area (Å²) in [7, 11) is 0. The third-order valence-corrected chi connectivity index (χ3v) is 5.56. The number of unbranched alkanes of at least 4 members (excludes halogenated alkanes) is 2. The molecule has 2 rings (SSSR count). The van der Waals surface area contributed by atoms with Crippen LogP contribution in [0.1, 0.15) is 83.0 Å². The maximum atomic E-state index is 9.61. The molecular formula is C21H33N3. The van der Waals surface area contributed by atoms with Crippen molar-refractivity contribution in [1.29, 1.82) is 5.26 Å². The fourth-order valence-corrected chi connectivity index (χ4v) is 4.02. The Morgan fingerprint density at radius 3 is 2.33 bits per heavy atom. The Morgan fingerprint density at radius 1 is 1.04 bits per heavy atom. The molecule has 1 saturated carbocycles. The van der Waals surface area contributed by atoms with Gasteiger partial charge in [0.25, 0.3) is 0 Å². The van der Waals surface area contributed by atoms with Gasteiger partial charge in [0.2, 0.25) is 0 Å². The van der Waals surface area contributed by atoms with E-state index in [4.69, 9.17) is 0 Å². The van der Waals surface area contributed by atoms with Gasteiger partial charge in [0.1, 0.15) is 0 Å². The first-order valence-electron chi connectivity index (χ1n) is 9.97. The van der Waals surface area contributed by atoms with E-state index in [1.807, 2.05) is 0 Å². The van der Waals surface area contributed by atoms with Gasteiger partial charge in [-0.25, -0.2) is 0 Å². The normalized spacial score (nSPS) is 22.0. The molecular weight excluding hydrogens is 294 g/mol. The number of nitriles is 1. The van der Waals surface area contributed by atoms with Crippen LogP contribution < -0.4 is 0 Å². The third-order valence-electron chi connectivity index (χ3n) is 5.56. The number of aryl methyl sites for hydroxylation is 1. The number of nitrogens with zero attached hydrogens (tertiary/aromatic N) is 3. The topological polar surface area (TPSA) is 49.6 Å². The molecule has 0 N–H and O–H groups in total. The number of hydrogen-bond acceptors (Lipinski definition) is 3. The van der Waals surface area contributed by atoms with Crippen molar-refractivity contribution >= 4 is 0 Å². The molecule has 1 atom stereocenters. The number of hydrogen-bond donors (Lipinski definition) is 0. The van der Waals surface area contributed by atoms with Gasteiger partial charge in [0, 0.05) is 6.42 Å². The van der Waals surface area contributed by atoms with E-state index in [0.29, 0.717) is 5.92 Å². The molecule has 132 valence electrons. The average Bonchev–Trinajstić information content (AvgIpc) is 2.62.